The van der Waals surface area contributed by atoms with Gasteiger partial charge in [-0.15, -0.1) is 0 Å². The van der Waals surface area contributed by atoms with E-state index in [9.17, 15) is 0 Å². The van der Waals surface area contributed by atoms with Gasteiger partial charge in [-0.1, -0.05) is 0 Å². The lowest BCUT2D eigenvalue weighted by molar-refractivity contribution is 1.12. The van der Waals surface area contributed by atoms with Gasteiger partial charge in [-0.3, -0.25) is 4.98 Å². The standard InChI is InChI=1S/C7H10N2.B/c1-9(2)7-3-5-8-6-4-7;/h3-6H,1-2H3;. The topological polar surface area (TPSA) is 16.1 Å². The van der Waals surface area contributed by atoms with Gasteiger partial charge >= 0.3 is 0 Å². The first-order valence-electron chi connectivity index (χ1n) is 2.88. The fourth-order valence-corrected chi connectivity index (χ4v) is 0.642. The van der Waals surface area contributed by atoms with Crippen molar-refractivity contribution in [2.45, 2.75) is 0 Å². The van der Waals surface area contributed by atoms with Crippen molar-refractivity contribution in [2.24, 2.45) is 0 Å². The highest BCUT2D eigenvalue weighted by Crippen LogP contribution is 2.05. The minimum Gasteiger partial charge on any atom is -0.378 e. The van der Waals surface area contributed by atoms with Crippen molar-refractivity contribution in [3.05, 3.63) is 24.5 Å². The summed E-state index contributed by atoms with van der Waals surface area (Å²) in [6.45, 7) is 0. The van der Waals surface area contributed by atoms with Crippen LogP contribution in [0.2, 0.25) is 0 Å². The van der Waals surface area contributed by atoms with Crippen molar-refractivity contribution in [1.29, 1.82) is 0 Å². The Kier molecular flexibility index (Phi) is 3.54. The largest absolute Gasteiger partial charge is 0.378 e. The average molecular weight is 133 g/mol. The Labute approximate surface area is 63.5 Å². The Balaban J connectivity index is 0.000000810. The van der Waals surface area contributed by atoms with Gasteiger partial charge in [0.1, 0.15) is 0 Å². The molecule has 0 spiro atoms. The highest BCUT2D eigenvalue weighted by molar-refractivity contribution is 5.75. The maximum atomic E-state index is 3.90. The first kappa shape index (κ1) is 9.01. The number of aromatic nitrogens is 1. The van der Waals surface area contributed by atoms with Crippen LogP contribution in [0.4, 0.5) is 5.69 Å². The molecule has 1 rings (SSSR count). The molecule has 10 heavy (non-hydrogen) atoms. The number of rotatable bonds is 1. The molecule has 0 aliphatic carbocycles. The fourth-order valence-electron chi connectivity index (χ4n) is 0.642. The third-order valence-electron chi connectivity index (χ3n) is 1.18. The molecule has 2 nitrogen and oxygen atoms in total. The van der Waals surface area contributed by atoms with Gasteiger partial charge in [-0.2, -0.15) is 0 Å². The summed E-state index contributed by atoms with van der Waals surface area (Å²) in [6.07, 6.45) is 3.57. The quantitative estimate of drug-likeness (QED) is 0.526. The second kappa shape index (κ2) is 3.93. The normalized spacial score (nSPS) is 8.20. The van der Waals surface area contributed by atoms with Gasteiger partial charge in [0.05, 0.1) is 0 Å². The van der Waals surface area contributed by atoms with Gasteiger partial charge in [0.15, 0.2) is 0 Å². The van der Waals surface area contributed by atoms with E-state index in [1.165, 1.54) is 5.69 Å². The summed E-state index contributed by atoms with van der Waals surface area (Å²) >= 11 is 0. The van der Waals surface area contributed by atoms with E-state index in [0.717, 1.165) is 0 Å². The molecule has 0 N–H and O–H groups in total. The lowest BCUT2D eigenvalue weighted by atomic mass is 10.4. The molecule has 1 aromatic rings. The van der Waals surface area contributed by atoms with Crippen molar-refractivity contribution in [2.75, 3.05) is 19.0 Å². The highest BCUT2D eigenvalue weighted by atomic mass is 15.1. The fraction of sp³-hybridized carbons (Fsp3) is 0.286. The molecule has 51 valence electrons. The molecule has 0 fully saturated rings. The zero-order valence-electron chi connectivity index (χ0n) is 6.28. The molecular formula is C7H10BN2. The number of pyridine rings is 1. The first-order valence-corrected chi connectivity index (χ1v) is 2.88. The predicted octanol–water partition coefficient (Wildman–Crippen LogP) is 0.767. The van der Waals surface area contributed by atoms with Crippen LogP contribution >= 0.6 is 0 Å². The van der Waals surface area contributed by atoms with E-state index in [-0.39, 0.29) is 8.41 Å². The van der Waals surface area contributed by atoms with Crippen LogP contribution in [-0.4, -0.2) is 27.5 Å². The summed E-state index contributed by atoms with van der Waals surface area (Å²) in [6, 6.07) is 3.94. The van der Waals surface area contributed by atoms with E-state index in [1.54, 1.807) is 12.4 Å². The first-order chi connectivity index (χ1) is 4.30. The molecule has 1 heterocycles. The van der Waals surface area contributed by atoms with E-state index in [2.05, 4.69) is 4.98 Å². The molecule has 0 amide bonds. The molecule has 3 radical (unpaired) electrons. The van der Waals surface area contributed by atoms with Crippen molar-refractivity contribution in [3.63, 3.8) is 0 Å². The molecule has 0 saturated heterocycles. The van der Waals surface area contributed by atoms with Gasteiger partial charge < -0.3 is 4.90 Å². The van der Waals surface area contributed by atoms with Crippen LogP contribution in [0.1, 0.15) is 0 Å². The molecule has 0 aliphatic heterocycles. The SMILES string of the molecule is CN(C)c1ccncc1.[B]. The van der Waals surface area contributed by atoms with E-state index >= 15 is 0 Å². The van der Waals surface area contributed by atoms with Crippen LogP contribution in [0.3, 0.4) is 0 Å². The minimum atomic E-state index is 0. The smallest absolute Gasteiger partial charge is 0.0391 e. The molecule has 0 aliphatic rings. The number of anilines is 1. The summed E-state index contributed by atoms with van der Waals surface area (Å²) in [4.78, 5) is 5.94. The maximum Gasteiger partial charge on any atom is 0.0391 e. The average Bonchev–Trinajstić information content (AvgIpc) is 1.90. The molecule has 1 aromatic heterocycles. The molecule has 0 aromatic carbocycles. The van der Waals surface area contributed by atoms with Gasteiger partial charge in [0.2, 0.25) is 0 Å². The molecule has 0 saturated carbocycles. The zero-order valence-corrected chi connectivity index (χ0v) is 6.28. The third kappa shape index (κ3) is 2.09. The van der Waals surface area contributed by atoms with Crippen molar-refractivity contribution >= 4 is 14.1 Å². The minimum absolute atomic E-state index is 0. The van der Waals surface area contributed by atoms with Crippen LogP contribution in [0, 0.1) is 0 Å². The molecular weight excluding hydrogens is 123 g/mol. The van der Waals surface area contributed by atoms with Gasteiger partial charge in [0, 0.05) is 40.6 Å². The Morgan fingerprint density at radius 3 is 2.00 bits per heavy atom. The van der Waals surface area contributed by atoms with Gasteiger partial charge in [0.25, 0.3) is 0 Å². The summed E-state index contributed by atoms with van der Waals surface area (Å²) in [5, 5.41) is 0. The van der Waals surface area contributed by atoms with Crippen LogP contribution in [0.5, 0.6) is 0 Å². The Morgan fingerprint density at radius 2 is 1.70 bits per heavy atom. The van der Waals surface area contributed by atoms with E-state index in [4.69, 9.17) is 0 Å². The highest BCUT2D eigenvalue weighted by Gasteiger charge is 1.88. The van der Waals surface area contributed by atoms with Crippen LogP contribution in [0.25, 0.3) is 0 Å². The summed E-state index contributed by atoms with van der Waals surface area (Å²) in [7, 11) is 4.02. The van der Waals surface area contributed by atoms with Crippen molar-refractivity contribution in [3.8, 4) is 0 Å². The Bertz CT molecular complexity index is 174. The van der Waals surface area contributed by atoms with Crippen LogP contribution in [-0.2, 0) is 0 Å². The molecule has 0 unspecified atom stereocenters. The lowest BCUT2D eigenvalue weighted by Gasteiger charge is -2.10. The summed E-state index contributed by atoms with van der Waals surface area (Å²) < 4.78 is 0. The lowest BCUT2D eigenvalue weighted by Crippen LogP contribution is -2.07. The summed E-state index contributed by atoms with van der Waals surface area (Å²) in [5.41, 5.74) is 1.19. The van der Waals surface area contributed by atoms with E-state index < -0.39 is 0 Å². The van der Waals surface area contributed by atoms with E-state index in [1.807, 2.05) is 31.1 Å². The number of hydrogen-bond donors (Lipinski definition) is 0. The van der Waals surface area contributed by atoms with Crippen molar-refractivity contribution < 1.29 is 0 Å². The molecule has 3 heteroatoms. The zero-order chi connectivity index (χ0) is 6.69. The Hall–Kier alpha value is -0.985. The molecule has 0 bridgehead atoms. The van der Waals surface area contributed by atoms with Crippen molar-refractivity contribution in [1.82, 2.24) is 4.98 Å². The molecule has 0 atom stereocenters. The number of nitrogens with zero attached hydrogens (tertiary/aromatic N) is 2. The Morgan fingerprint density at radius 1 is 1.20 bits per heavy atom. The monoisotopic (exact) mass is 133 g/mol. The second-order valence-corrected chi connectivity index (χ2v) is 2.10. The van der Waals surface area contributed by atoms with Gasteiger partial charge in [-0.05, 0) is 12.1 Å². The maximum absolute atomic E-state index is 3.90. The predicted molar refractivity (Wildman–Crippen MR) is 44.3 cm³/mol. The van der Waals surface area contributed by atoms with Crippen LogP contribution in [0.15, 0.2) is 24.5 Å². The third-order valence-corrected chi connectivity index (χ3v) is 1.18. The number of hydrogen-bond acceptors (Lipinski definition) is 2. The van der Waals surface area contributed by atoms with Gasteiger partial charge in [-0.25, -0.2) is 0 Å². The van der Waals surface area contributed by atoms with Crippen LogP contribution < -0.4 is 4.90 Å². The van der Waals surface area contributed by atoms with E-state index in [0.29, 0.717) is 0 Å². The second-order valence-electron chi connectivity index (χ2n) is 2.10. The summed E-state index contributed by atoms with van der Waals surface area (Å²) in [5.74, 6) is 0.